The second-order valence-electron chi connectivity index (χ2n) is 18.2. The molecule has 2 aliphatic carbocycles. The van der Waals surface area contributed by atoms with Crippen LogP contribution in [0.5, 0.6) is 0 Å². The molecule has 1 nitrogen and oxygen atoms in total. The van der Waals surface area contributed by atoms with Crippen molar-refractivity contribution in [3.05, 3.63) is 198 Å². The molecular weight excluding hydrogens is 687 g/mol. The zero-order valence-electron chi connectivity index (χ0n) is 34.1. The van der Waals surface area contributed by atoms with Gasteiger partial charge in [0, 0.05) is 27.8 Å². The molecule has 0 bridgehead atoms. The van der Waals surface area contributed by atoms with E-state index in [0.29, 0.717) is 0 Å². The Morgan fingerprint density at radius 2 is 0.965 bits per heavy atom. The van der Waals surface area contributed by atoms with E-state index in [2.05, 4.69) is 223 Å². The molecule has 0 heterocycles. The Morgan fingerprint density at radius 3 is 1.67 bits per heavy atom. The second-order valence-corrected chi connectivity index (χ2v) is 18.2. The molecular formula is C56H49N. The Labute approximate surface area is 338 Å². The molecule has 57 heavy (non-hydrogen) atoms. The van der Waals surface area contributed by atoms with Gasteiger partial charge in [0.1, 0.15) is 0 Å². The van der Waals surface area contributed by atoms with Crippen LogP contribution >= 0.6 is 0 Å². The fourth-order valence-electron chi connectivity index (χ4n) is 10.0. The lowest BCUT2D eigenvalue weighted by Gasteiger charge is -2.31. The monoisotopic (exact) mass is 735 g/mol. The average molecular weight is 736 g/mol. The van der Waals surface area contributed by atoms with Gasteiger partial charge in [-0.1, -0.05) is 188 Å². The highest BCUT2D eigenvalue weighted by Crippen LogP contribution is 2.56. The summed E-state index contributed by atoms with van der Waals surface area (Å²) < 4.78 is 0. The maximum absolute atomic E-state index is 2.51. The van der Waals surface area contributed by atoms with Crippen LogP contribution in [0.25, 0.3) is 55.3 Å². The standard InChI is InChI=1S/C56H49N/c1-54(2,3)39-28-23-36(24-29-39)37-25-30-40(31-26-37)57(41-32-33-50-47(35-41)44-18-11-12-21-48(44)55(50,4)5)51-34-27-38-15-8-9-16-42(38)52(51)46-20-14-19-45-43-17-10-13-22-49(43)56(6,7)53(45)46/h8-35H,1-7H3. The van der Waals surface area contributed by atoms with Crippen LogP contribution in [0.4, 0.5) is 17.1 Å². The summed E-state index contributed by atoms with van der Waals surface area (Å²) in [7, 11) is 0. The van der Waals surface area contributed by atoms with Gasteiger partial charge in [-0.25, -0.2) is 0 Å². The number of rotatable bonds is 5. The number of hydrogen-bond acceptors (Lipinski definition) is 1. The van der Waals surface area contributed by atoms with Crippen molar-refractivity contribution >= 4 is 27.8 Å². The minimum atomic E-state index is -0.172. The van der Waals surface area contributed by atoms with Gasteiger partial charge in [0.2, 0.25) is 0 Å². The molecule has 0 spiro atoms. The van der Waals surface area contributed by atoms with E-state index in [0.717, 1.165) is 11.4 Å². The predicted octanol–water partition coefficient (Wildman–Crippen LogP) is 15.6. The Morgan fingerprint density at radius 1 is 0.421 bits per heavy atom. The zero-order chi connectivity index (χ0) is 39.3. The van der Waals surface area contributed by atoms with Crippen molar-refractivity contribution in [2.45, 2.75) is 64.7 Å². The first kappa shape index (κ1) is 35.2. The summed E-state index contributed by atoms with van der Waals surface area (Å²) >= 11 is 0. The molecule has 0 saturated carbocycles. The van der Waals surface area contributed by atoms with Crippen molar-refractivity contribution in [2.24, 2.45) is 0 Å². The summed E-state index contributed by atoms with van der Waals surface area (Å²) in [5.74, 6) is 0. The fourth-order valence-corrected chi connectivity index (χ4v) is 10.0. The van der Waals surface area contributed by atoms with E-state index in [1.165, 1.54) is 88.8 Å². The molecule has 0 unspecified atom stereocenters. The Hall–Kier alpha value is -6.18. The largest absolute Gasteiger partial charge is 0.310 e. The zero-order valence-corrected chi connectivity index (χ0v) is 34.1. The van der Waals surface area contributed by atoms with Gasteiger partial charge in [-0.3, -0.25) is 0 Å². The molecule has 0 saturated heterocycles. The Bertz CT molecular complexity index is 2860. The van der Waals surface area contributed by atoms with Crippen LogP contribution in [-0.2, 0) is 16.2 Å². The third-order valence-corrected chi connectivity index (χ3v) is 13.0. The van der Waals surface area contributed by atoms with E-state index in [1.807, 2.05) is 0 Å². The molecule has 0 aromatic heterocycles. The van der Waals surface area contributed by atoms with Crippen molar-refractivity contribution in [3.63, 3.8) is 0 Å². The van der Waals surface area contributed by atoms with Crippen LogP contribution in [-0.4, -0.2) is 0 Å². The topological polar surface area (TPSA) is 3.24 Å². The molecule has 0 aliphatic heterocycles. The Balaban J connectivity index is 1.22. The summed E-state index contributed by atoms with van der Waals surface area (Å²) in [6, 6.07) is 63.9. The van der Waals surface area contributed by atoms with Crippen molar-refractivity contribution in [1.29, 1.82) is 0 Å². The summed E-state index contributed by atoms with van der Waals surface area (Å²) in [4.78, 5) is 2.51. The average Bonchev–Trinajstić information content (AvgIpc) is 3.60. The van der Waals surface area contributed by atoms with Crippen LogP contribution in [0.2, 0.25) is 0 Å². The second kappa shape index (κ2) is 12.7. The third-order valence-electron chi connectivity index (χ3n) is 13.0. The Kier molecular flexibility index (Phi) is 7.83. The molecule has 2 aliphatic rings. The van der Waals surface area contributed by atoms with E-state index >= 15 is 0 Å². The molecule has 8 aromatic rings. The van der Waals surface area contributed by atoms with Gasteiger partial charge in [-0.05, 0) is 113 Å². The van der Waals surface area contributed by atoms with Crippen molar-refractivity contribution in [2.75, 3.05) is 4.90 Å². The lowest BCUT2D eigenvalue weighted by Crippen LogP contribution is -2.17. The summed E-state index contributed by atoms with van der Waals surface area (Å²) in [5, 5.41) is 2.49. The molecule has 10 rings (SSSR count). The van der Waals surface area contributed by atoms with Gasteiger partial charge >= 0.3 is 0 Å². The SMILES string of the molecule is CC(C)(C)c1ccc(-c2ccc(N(c3ccc4c(c3)-c3ccccc3C4(C)C)c3ccc4ccccc4c3-c3cccc4c3C(C)(C)c3ccccc3-4)cc2)cc1. The number of benzene rings is 8. The number of anilines is 3. The van der Waals surface area contributed by atoms with Gasteiger partial charge in [0.15, 0.2) is 0 Å². The first-order chi connectivity index (χ1) is 27.4. The van der Waals surface area contributed by atoms with Gasteiger partial charge in [-0.2, -0.15) is 0 Å². The van der Waals surface area contributed by atoms with E-state index < -0.39 is 0 Å². The number of fused-ring (bicyclic) bond motifs is 7. The lowest BCUT2D eigenvalue weighted by molar-refractivity contribution is 0.590. The number of hydrogen-bond donors (Lipinski definition) is 0. The van der Waals surface area contributed by atoms with Crippen molar-refractivity contribution < 1.29 is 0 Å². The van der Waals surface area contributed by atoms with Crippen LogP contribution in [0.15, 0.2) is 170 Å². The van der Waals surface area contributed by atoms with E-state index in [-0.39, 0.29) is 16.2 Å². The van der Waals surface area contributed by atoms with Crippen molar-refractivity contribution in [3.8, 4) is 44.5 Å². The molecule has 0 N–H and O–H groups in total. The van der Waals surface area contributed by atoms with Crippen LogP contribution in [0.3, 0.4) is 0 Å². The van der Waals surface area contributed by atoms with Crippen LogP contribution in [0, 0.1) is 0 Å². The van der Waals surface area contributed by atoms with Gasteiger partial charge < -0.3 is 4.90 Å². The van der Waals surface area contributed by atoms with Gasteiger partial charge in [0.05, 0.1) is 5.69 Å². The van der Waals surface area contributed by atoms with E-state index in [9.17, 15) is 0 Å². The maximum atomic E-state index is 2.51. The summed E-state index contributed by atoms with van der Waals surface area (Å²) in [5.41, 5.74) is 20.5. The molecule has 8 aromatic carbocycles. The van der Waals surface area contributed by atoms with Crippen LogP contribution < -0.4 is 4.90 Å². The molecule has 0 amide bonds. The molecule has 0 atom stereocenters. The quantitative estimate of drug-likeness (QED) is 0.170. The normalized spacial score (nSPS) is 14.5. The molecule has 1 heteroatoms. The van der Waals surface area contributed by atoms with E-state index in [4.69, 9.17) is 0 Å². The maximum Gasteiger partial charge on any atom is 0.0546 e. The minimum Gasteiger partial charge on any atom is -0.310 e. The fraction of sp³-hybridized carbons (Fsp3) is 0.179. The first-order valence-corrected chi connectivity index (χ1v) is 20.4. The summed E-state index contributed by atoms with van der Waals surface area (Å²) in [6.45, 7) is 16.3. The van der Waals surface area contributed by atoms with Gasteiger partial charge in [-0.15, -0.1) is 0 Å². The number of nitrogens with zero attached hydrogens (tertiary/aromatic N) is 1. The highest BCUT2D eigenvalue weighted by Gasteiger charge is 2.39. The van der Waals surface area contributed by atoms with E-state index in [1.54, 1.807) is 0 Å². The highest BCUT2D eigenvalue weighted by atomic mass is 15.1. The predicted molar refractivity (Wildman–Crippen MR) is 243 cm³/mol. The smallest absolute Gasteiger partial charge is 0.0546 e. The van der Waals surface area contributed by atoms with Gasteiger partial charge in [0.25, 0.3) is 0 Å². The van der Waals surface area contributed by atoms with Crippen LogP contribution in [0.1, 0.15) is 76.3 Å². The highest BCUT2D eigenvalue weighted by molar-refractivity contribution is 6.08. The third kappa shape index (κ3) is 5.43. The lowest BCUT2D eigenvalue weighted by atomic mass is 9.78. The molecule has 0 fully saturated rings. The minimum absolute atomic E-state index is 0.0707. The first-order valence-electron chi connectivity index (χ1n) is 20.4. The summed E-state index contributed by atoms with van der Waals surface area (Å²) in [6.07, 6.45) is 0. The molecule has 0 radical (unpaired) electrons. The molecule has 278 valence electrons. The van der Waals surface area contributed by atoms with Crippen molar-refractivity contribution in [1.82, 2.24) is 0 Å².